The number of rotatable bonds is 5. The Kier molecular flexibility index (Phi) is 4.94. The van der Waals surface area contributed by atoms with Crippen LogP contribution in [0.4, 0.5) is 5.69 Å². The van der Waals surface area contributed by atoms with Crippen molar-refractivity contribution in [2.45, 2.75) is 19.3 Å². The van der Waals surface area contributed by atoms with Crippen molar-refractivity contribution in [3.8, 4) is 11.5 Å². The summed E-state index contributed by atoms with van der Waals surface area (Å²) in [7, 11) is 0. The topological polar surface area (TPSA) is 54.4 Å². The molecule has 0 aromatic heterocycles. The first-order valence-corrected chi connectivity index (χ1v) is 10.4. The molecule has 2 aromatic rings. The third-order valence-corrected chi connectivity index (χ3v) is 5.79. The summed E-state index contributed by atoms with van der Waals surface area (Å²) < 4.78 is 11.9. The van der Waals surface area contributed by atoms with Crippen LogP contribution >= 0.6 is 0 Å². The molecule has 0 bridgehead atoms. The van der Waals surface area contributed by atoms with Crippen molar-refractivity contribution in [1.29, 1.82) is 0 Å². The van der Waals surface area contributed by atoms with Crippen molar-refractivity contribution in [3.63, 3.8) is 0 Å². The summed E-state index contributed by atoms with van der Waals surface area (Å²) in [6.07, 6.45) is 2.97. The van der Waals surface area contributed by atoms with Gasteiger partial charge in [0.05, 0.1) is 18.0 Å². The number of hydrogen-bond acceptors (Lipinski definition) is 5. The Bertz CT molecular complexity index is 922. The number of nitrogens with zero attached hydrogens (tertiary/aromatic N) is 3. The molecule has 0 saturated carbocycles. The van der Waals surface area contributed by atoms with E-state index in [1.807, 2.05) is 48.5 Å². The Labute approximate surface area is 170 Å². The van der Waals surface area contributed by atoms with Gasteiger partial charge in [0, 0.05) is 24.4 Å². The summed E-state index contributed by atoms with van der Waals surface area (Å²) in [5.74, 6) is 1.59. The van der Waals surface area contributed by atoms with Crippen LogP contribution in [-0.2, 0) is 4.79 Å². The molecule has 1 atom stereocenters. The zero-order chi connectivity index (χ0) is 19.6. The minimum absolute atomic E-state index is 0.00461. The lowest BCUT2D eigenvalue weighted by molar-refractivity contribution is -0.119. The minimum Gasteiger partial charge on any atom is -0.492 e. The van der Waals surface area contributed by atoms with Crippen LogP contribution in [0.5, 0.6) is 11.5 Å². The fraction of sp³-hybridized carbons (Fsp3) is 0.391. The number of fused-ring (bicyclic) bond motifs is 3. The van der Waals surface area contributed by atoms with E-state index in [9.17, 15) is 4.79 Å². The number of hydrogen-bond donors (Lipinski definition) is 0. The number of benzene rings is 2. The molecule has 2 aromatic carbocycles. The highest BCUT2D eigenvalue weighted by Gasteiger charge is 2.36. The molecule has 29 heavy (non-hydrogen) atoms. The SMILES string of the molecule is O=C1C[C@@H]2COc3ccc(OCCN4CCCC4)cc3C2=NN1c1ccccc1. The van der Waals surface area contributed by atoms with Crippen molar-refractivity contribution in [3.05, 3.63) is 54.1 Å². The largest absolute Gasteiger partial charge is 0.492 e. The fourth-order valence-electron chi connectivity index (χ4n) is 4.24. The second kappa shape index (κ2) is 7.87. The van der Waals surface area contributed by atoms with Gasteiger partial charge in [0.2, 0.25) is 5.91 Å². The maximum atomic E-state index is 12.6. The van der Waals surface area contributed by atoms with Crippen LogP contribution in [-0.4, -0.2) is 49.4 Å². The van der Waals surface area contributed by atoms with Gasteiger partial charge in [0.1, 0.15) is 18.1 Å². The third kappa shape index (κ3) is 3.72. The molecule has 0 unspecified atom stereocenters. The smallest absolute Gasteiger partial charge is 0.248 e. The van der Waals surface area contributed by atoms with E-state index in [2.05, 4.69) is 4.90 Å². The average molecular weight is 391 g/mol. The summed E-state index contributed by atoms with van der Waals surface area (Å²) in [6, 6.07) is 15.5. The molecule has 0 spiro atoms. The van der Waals surface area contributed by atoms with Crippen molar-refractivity contribution < 1.29 is 14.3 Å². The Morgan fingerprint density at radius 2 is 1.93 bits per heavy atom. The first-order chi connectivity index (χ1) is 14.3. The summed E-state index contributed by atoms with van der Waals surface area (Å²) in [5, 5.41) is 6.25. The molecule has 6 nitrogen and oxygen atoms in total. The molecule has 0 N–H and O–H groups in total. The van der Waals surface area contributed by atoms with E-state index in [0.717, 1.165) is 35.0 Å². The number of para-hydroxylation sites is 1. The number of carbonyl (C=O) groups excluding carboxylic acids is 1. The van der Waals surface area contributed by atoms with E-state index in [1.54, 1.807) is 0 Å². The number of amides is 1. The van der Waals surface area contributed by atoms with Gasteiger partial charge in [-0.1, -0.05) is 18.2 Å². The lowest BCUT2D eigenvalue weighted by Crippen LogP contribution is -2.41. The van der Waals surface area contributed by atoms with Crippen LogP contribution in [0, 0.1) is 5.92 Å². The van der Waals surface area contributed by atoms with Crippen LogP contribution < -0.4 is 14.5 Å². The molecule has 150 valence electrons. The maximum Gasteiger partial charge on any atom is 0.248 e. The molecule has 3 aliphatic heterocycles. The number of ether oxygens (including phenoxy) is 2. The molecular weight excluding hydrogens is 366 g/mol. The average Bonchev–Trinajstić information content (AvgIpc) is 3.27. The van der Waals surface area contributed by atoms with E-state index in [4.69, 9.17) is 14.6 Å². The standard InChI is InChI=1S/C23H25N3O3/c27-22-14-17-16-29-21-9-8-19(28-13-12-25-10-4-5-11-25)15-20(21)23(17)24-26(22)18-6-2-1-3-7-18/h1-3,6-9,15,17H,4-5,10-14,16H2/t17-/m1/s1. The molecule has 0 radical (unpaired) electrons. The number of hydrazone groups is 1. The Balaban J connectivity index is 1.39. The molecule has 3 heterocycles. The van der Waals surface area contributed by atoms with Gasteiger partial charge in [-0.2, -0.15) is 5.10 Å². The lowest BCUT2D eigenvalue weighted by atomic mass is 9.90. The Morgan fingerprint density at radius 1 is 1.10 bits per heavy atom. The Hall–Kier alpha value is -2.86. The molecule has 1 amide bonds. The Morgan fingerprint density at radius 3 is 2.76 bits per heavy atom. The number of likely N-dealkylation sites (tertiary alicyclic amines) is 1. The molecule has 5 rings (SSSR count). The van der Waals surface area contributed by atoms with Crippen molar-refractivity contribution in [2.24, 2.45) is 11.0 Å². The van der Waals surface area contributed by atoms with E-state index in [0.29, 0.717) is 19.6 Å². The molecule has 1 fully saturated rings. The van der Waals surface area contributed by atoms with Gasteiger partial charge < -0.3 is 9.47 Å². The van der Waals surface area contributed by atoms with E-state index < -0.39 is 0 Å². The first kappa shape index (κ1) is 18.2. The summed E-state index contributed by atoms with van der Waals surface area (Å²) in [4.78, 5) is 15.1. The summed E-state index contributed by atoms with van der Waals surface area (Å²) >= 11 is 0. The first-order valence-electron chi connectivity index (χ1n) is 10.4. The highest BCUT2D eigenvalue weighted by Crippen LogP contribution is 2.35. The van der Waals surface area contributed by atoms with Crippen molar-refractivity contribution in [2.75, 3.05) is 37.9 Å². The number of anilines is 1. The van der Waals surface area contributed by atoms with Crippen LogP contribution in [0.3, 0.4) is 0 Å². The maximum absolute atomic E-state index is 12.6. The van der Waals surface area contributed by atoms with E-state index in [1.165, 1.54) is 30.9 Å². The second-order valence-corrected chi connectivity index (χ2v) is 7.79. The van der Waals surface area contributed by atoms with Gasteiger partial charge in [-0.25, -0.2) is 5.01 Å². The number of carbonyl (C=O) groups is 1. The van der Waals surface area contributed by atoms with Crippen molar-refractivity contribution >= 4 is 17.3 Å². The zero-order valence-corrected chi connectivity index (χ0v) is 16.4. The predicted molar refractivity (Wildman–Crippen MR) is 112 cm³/mol. The van der Waals surface area contributed by atoms with E-state index >= 15 is 0 Å². The van der Waals surface area contributed by atoms with Crippen LogP contribution in [0.1, 0.15) is 24.8 Å². The van der Waals surface area contributed by atoms with Crippen LogP contribution in [0.25, 0.3) is 0 Å². The summed E-state index contributed by atoms with van der Waals surface area (Å²) in [5.41, 5.74) is 2.61. The molecular formula is C23H25N3O3. The van der Waals surface area contributed by atoms with Crippen LogP contribution in [0.15, 0.2) is 53.6 Å². The fourth-order valence-corrected chi connectivity index (χ4v) is 4.24. The van der Waals surface area contributed by atoms with Crippen molar-refractivity contribution in [1.82, 2.24) is 4.90 Å². The van der Waals surface area contributed by atoms with Gasteiger partial charge in [0.25, 0.3) is 0 Å². The molecule has 3 aliphatic rings. The highest BCUT2D eigenvalue weighted by molar-refractivity contribution is 6.12. The van der Waals surface area contributed by atoms with Gasteiger partial charge >= 0.3 is 0 Å². The quantitative estimate of drug-likeness (QED) is 0.785. The van der Waals surface area contributed by atoms with Gasteiger partial charge in [-0.3, -0.25) is 9.69 Å². The highest BCUT2D eigenvalue weighted by atomic mass is 16.5. The van der Waals surface area contributed by atoms with Crippen LogP contribution in [0.2, 0.25) is 0 Å². The lowest BCUT2D eigenvalue weighted by Gasteiger charge is -2.33. The monoisotopic (exact) mass is 391 g/mol. The van der Waals surface area contributed by atoms with E-state index in [-0.39, 0.29) is 11.8 Å². The minimum atomic E-state index is -0.0187. The zero-order valence-electron chi connectivity index (χ0n) is 16.4. The third-order valence-electron chi connectivity index (χ3n) is 5.79. The van der Waals surface area contributed by atoms with Gasteiger partial charge in [-0.05, 0) is 56.3 Å². The summed E-state index contributed by atoms with van der Waals surface area (Å²) in [6.45, 7) is 4.44. The molecule has 0 aliphatic carbocycles. The molecule has 1 saturated heterocycles. The second-order valence-electron chi connectivity index (χ2n) is 7.79. The van der Waals surface area contributed by atoms with Gasteiger partial charge in [0.15, 0.2) is 0 Å². The van der Waals surface area contributed by atoms with Gasteiger partial charge in [-0.15, -0.1) is 0 Å². The predicted octanol–water partition coefficient (Wildman–Crippen LogP) is 3.31. The molecule has 6 heteroatoms. The normalized spacial score (nSPS) is 21.2.